The molecule has 0 heterocycles. The molecule has 0 bridgehead atoms. The minimum absolute atomic E-state index is 0.481. The second kappa shape index (κ2) is 4.35. The summed E-state index contributed by atoms with van der Waals surface area (Å²) in [6, 6.07) is -4.66. The minimum Gasteiger partial charge on any atom is -0.380 e. The van der Waals surface area contributed by atoms with Gasteiger partial charge < -0.3 is 5.11 Å². The second-order valence-corrected chi connectivity index (χ2v) is 3.61. The molecule has 0 aliphatic heterocycles. The molecule has 0 aromatic carbocycles. The first-order chi connectivity index (χ1) is 7.34. The second-order valence-electron chi connectivity index (χ2n) is 3.61. The number of hydrogen-bond acceptors (Lipinski definition) is 7. The maximum atomic E-state index is 10.5. The van der Waals surface area contributed by atoms with Gasteiger partial charge in [0.05, 0.1) is 12.8 Å². The Kier molecular flexibility index (Phi) is 3.32. The maximum Gasteiger partial charge on any atom is 0.251 e. The van der Waals surface area contributed by atoms with Crippen LogP contribution in [0.1, 0.15) is 12.8 Å². The Bertz CT molecular complexity index is 308. The van der Waals surface area contributed by atoms with Gasteiger partial charge in [0.2, 0.25) is 6.04 Å². The highest BCUT2D eigenvalue weighted by Crippen LogP contribution is 2.25. The van der Waals surface area contributed by atoms with E-state index in [0.717, 1.165) is 0 Å². The van der Waals surface area contributed by atoms with Crippen LogP contribution in [0.3, 0.4) is 0 Å². The van der Waals surface area contributed by atoms with Crippen molar-refractivity contribution in [3.05, 3.63) is 30.3 Å². The molecule has 0 saturated heterocycles. The van der Waals surface area contributed by atoms with Crippen LogP contribution in [-0.4, -0.2) is 44.1 Å². The van der Waals surface area contributed by atoms with E-state index in [9.17, 15) is 35.4 Å². The fourth-order valence-electron chi connectivity index (χ4n) is 1.78. The quantitative estimate of drug-likeness (QED) is 0.490. The average Bonchev–Trinajstić information content (AvgIpc) is 2.16. The fourth-order valence-corrected chi connectivity index (χ4v) is 1.78. The lowest BCUT2D eigenvalue weighted by atomic mass is 9.85. The maximum absolute atomic E-state index is 10.5. The van der Waals surface area contributed by atoms with Crippen molar-refractivity contribution in [3.8, 4) is 0 Å². The number of aliphatic hydroxyl groups is 1. The molecular formula is C6H9N3O7. The monoisotopic (exact) mass is 235 g/mol. The number of aliphatic hydroxyl groups excluding tert-OH is 1. The van der Waals surface area contributed by atoms with Crippen molar-refractivity contribution in [2.45, 2.75) is 37.1 Å². The molecule has 1 rings (SSSR count). The van der Waals surface area contributed by atoms with Crippen LogP contribution in [-0.2, 0) is 0 Å². The van der Waals surface area contributed by atoms with Gasteiger partial charge in [0.1, 0.15) is 0 Å². The van der Waals surface area contributed by atoms with E-state index in [4.69, 9.17) is 0 Å². The minimum atomic E-state index is -1.78. The number of nitro groups is 3. The van der Waals surface area contributed by atoms with Crippen molar-refractivity contribution in [2.24, 2.45) is 0 Å². The van der Waals surface area contributed by atoms with E-state index in [-0.39, 0.29) is 0 Å². The molecule has 1 aliphatic rings. The predicted molar refractivity (Wildman–Crippen MR) is 47.6 cm³/mol. The van der Waals surface area contributed by atoms with Crippen LogP contribution in [0, 0.1) is 30.3 Å². The Morgan fingerprint density at radius 1 is 0.875 bits per heavy atom. The molecule has 16 heavy (non-hydrogen) atoms. The fraction of sp³-hybridized carbons (Fsp3) is 1.00. The van der Waals surface area contributed by atoms with E-state index in [1.165, 1.54) is 0 Å². The van der Waals surface area contributed by atoms with Gasteiger partial charge in [-0.05, 0) is 0 Å². The summed E-state index contributed by atoms with van der Waals surface area (Å²) in [5.74, 6) is 0. The standard InChI is InChI=1S/C6H9N3O7/c10-6-4(8(13)14)1-3(7(11)12)2-5(6)9(15)16/h3-6,10H,1-2H2. The summed E-state index contributed by atoms with van der Waals surface area (Å²) < 4.78 is 0. The largest absolute Gasteiger partial charge is 0.380 e. The highest BCUT2D eigenvalue weighted by atomic mass is 16.6. The topological polar surface area (TPSA) is 150 Å². The first-order valence-corrected chi connectivity index (χ1v) is 4.43. The summed E-state index contributed by atoms with van der Waals surface area (Å²) in [7, 11) is 0. The smallest absolute Gasteiger partial charge is 0.251 e. The van der Waals surface area contributed by atoms with E-state index >= 15 is 0 Å². The molecule has 0 spiro atoms. The first-order valence-electron chi connectivity index (χ1n) is 4.43. The Labute approximate surface area is 88.3 Å². The molecular weight excluding hydrogens is 226 g/mol. The molecule has 90 valence electrons. The molecule has 0 radical (unpaired) electrons. The van der Waals surface area contributed by atoms with Crippen molar-refractivity contribution in [3.63, 3.8) is 0 Å². The highest BCUT2D eigenvalue weighted by molar-refractivity contribution is 4.87. The summed E-state index contributed by atoms with van der Waals surface area (Å²) in [6.45, 7) is 0. The summed E-state index contributed by atoms with van der Waals surface area (Å²) in [5, 5.41) is 40.8. The molecule has 1 aliphatic carbocycles. The molecule has 1 saturated carbocycles. The van der Waals surface area contributed by atoms with Crippen LogP contribution in [0.25, 0.3) is 0 Å². The average molecular weight is 235 g/mol. The van der Waals surface area contributed by atoms with Gasteiger partial charge in [-0.25, -0.2) is 0 Å². The van der Waals surface area contributed by atoms with Gasteiger partial charge in [0.25, 0.3) is 12.1 Å². The van der Waals surface area contributed by atoms with Crippen LogP contribution >= 0.6 is 0 Å². The molecule has 0 amide bonds. The van der Waals surface area contributed by atoms with E-state index in [2.05, 4.69) is 0 Å². The number of hydrogen-bond donors (Lipinski definition) is 1. The SMILES string of the molecule is O=[N+]([O-])C1CC([N+](=O)[O-])C(O)C([N+](=O)[O-])C1. The summed E-state index contributed by atoms with van der Waals surface area (Å²) in [4.78, 5) is 28.9. The third-order valence-corrected chi connectivity index (χ3v) is 2.66. The Balaban J connectivity index is 2.92. The number of rotatable bonds is 3. The van der Waals surface area contributed by atoms with Gasteiger partial charge >= 0.3 is 0 Å². The Morgan fingerprint density at radius 3 is 1.50 bits per heavy atom. The zero-order chi connectivity index (χ0) is 12.5. The molecule has 1 N–H and O–H groups in total. The van der Waals surface area contributed by atoms with E-state index < -0.39 is 51.8 Å². The van der Waals surface area contributed by atoms with Crippen LogP contribution < -0.4 is 0 Å². The summed E-state index contributed by atoms with van der Waals surface area (Å²) in [6.07, 6.45) is -2.74. The third kappa shape index (κ3) is 2.21. The van der Waals surface area contributed by atoms with Gasteiger partial charge in [-0.2, -0.15) is 0 Å². The van der Waals surface area contributed by atoms with Gasteiger partial charge in [-0.3, -0.25) is 30.3 Å². The van der Waals surface area contributed by atoms with Gasteiger partial charge in [-0.1, -0.05) is 0 Å². The molecule has 2 unspecified atom stereocenters. The van der Waals surface area contributed by atoms with Crippen LogP contribution in [0.15, 0.2) is 0 Å². The lowest BCUT2D eigenvalue weighted by Gasteiger charge is -2.25. The van der Waals surface area contributed by atoms with E-state index in [1.807, 2.05) is 0 Å². The molecule has 1 fully saturated rings. The Hall–Kier alpha value is -1.84. The van der Waals surface area contributed by atoms with Gasteiger partial charge in [0.15, 0.2) is 6.10 Å². The normalized spacial score (nSPS) is 34.3. The van der Waals surface area contributed by atoms with Crippen LogP contribution in [0.5, 0.6) is 0 Å². The van der Waals surface area contributed by atoms with Crippen molar-refractivity contribution >= 4 is 0 Å². The zero-order valence-electron chi connectivity index (χ0n) is 7.96. The van der Waals surface area contributed by atoms with Crippen molar-refractivity contribution < 1.29 is 19.9 Å². The lowest BCUT2D eigenvalue weighted by molar-refractivity contribution is -0.617. The molecule has 2 atom stereocenters. The molecule has 10 nitrogen and oxygen atoms in total. The molecule has 10 heteroatoms. The van der Waals surface area contributed by atoms with E-state index in [1.54, 1.807) is 0 Å². The van der Waals surface area contributed by atoms with Crippen LogP contribution in [0.4, 0.5) is 0 Å². The van der Waals surface area contributed by atoms with Crippen molar-refractivity contribution in [2.75, 3.05) is 0 Å². The van der Waals surface area contributed by atoms with Crippen molar-refractivity contribution in [1.82, 2.24) is 0 Å². The van der Waals surface area contributed by atoms with Gasteiger partial charge in [0, 0.05) is 14.8 Å². The predicted octanol–water partition coefficient (Wildman–Crippen LogP) is -0.923. The van der Waals surface area contributed by atoms with Crippen LogP contribution in [0.2, 0.25) is 0 Å². The summed E-state index contributed by atoms with van der Waals surface area (Å²) in [5.41, 5.74) is 0. The third-order valence-electron chi connectivity index (χ3n) is 2.66. The first kappa shape index (κ1) is 12.2. The number of nitrogens with zero attached hydrogens (tertiary/aromatic N) is 3. The highest BCUT2D eigenvalue weighted by Gasteiger charge is 2.53. The van der Waals surface area contributed by atoms with E-state index in [0.29, 0.717) is 0 Å². The Morgan fingerprint density at radius 2 is 1.25 bits per heavy atom. The zero-order valence-corrected chi connectivity index (χ0v) is 7.96. The summed E-state index contributed by atoms with van der Waals surface area (Å²) >= 11 is 0. The lowest BCUT2D eigenvalue weighted by Crippen LogP contribution is -2.54. The van der Waals surface area contributed by atoms with Crippen molar-refractivity contribution in [1.29, 1.82) is 0 Å². The van der Waals surface area contributed by atoms with Gasteiger partial charge in [-0.15, -0.1) is 0 Å². The molecule has 0 aromatic rings. The molecule has 0 aromatic heterocycles.